The number of rotatable bonds is 2. The van der Waals surface area contributed by atoms with Crippen LogP contribution >= 0.6 is 0 Å². The molecule has 1 aromatic heterocycles. The van der Waals surface area contributed by atoms with E-state index in [9.17, 15) is 19.5 Å². The number of amides is 1. The molecule has 1 aliphatic rings. The Morgan fingerprint density at radius 2 is 2.05 bits per heavy atom. The summed E-state index contributed by atoms with van der Waals surface area (Å²) in [4.78, 5) is 37.0. The van der Waals surface area contributed by atoms with E-state index in [-0.39, 0.29) is 11.3 Å². The normalized spacial score (nSPS) is 17.1. The summed E-state index contributed by atoms with van der Waals surface area (Å²) < 4.78 is 1.18. The van der Waals surface area contributed by atoms with Gasteiger partial charge in [-0.05, 0) is 17.5 Å². The molecule has 7 heteroatoms. The molecule has 1 amide bonds. The van der Waals surface area contributed by atoms with Crippen LogP contribution in [-0.4, -0.2) is 38.2 Å². The van der Waals surface area contributed by atoms with E-state index in [1.807, 2.05) is 12.1 Å². The van der Waals surface area contributed by atoms with Gasteiger partial charge in [-0.2, -0.15) is 0 Å². The molecule has 0 radical (unpaired) electrons. The van der Waals surface area contributed by atoms with E-state index in [1.54, 1.807) is 12.1 Å². The molecule has 22 heavy (non-hydrogen) atoms. The maximum atomic E-state index is 12.6. The van der Waals surface area contributed by atoms with Gasteiger partial charge in [-0.1, -0.05) is 24.3 Å². The first-order valence-corrected chi connectivity index (χ1v) is 6.86. The summed E-state index contributed by atoms with van der Waals surface area (Å²) in [5.74, 6) is -1.57. The largest absolute Gasteiger partial charge is 0.479 e. The Balaban J connectivity index is 2.02. The van der Waals surface area contributed by atoms with E-state index >= 15 is 0 Å². The molecule has 0 spiro atoms. The summed E-state index contributed by atoms with van der Waals surface area (Å²) in [7, 11) is 1.50. The molecule has 2 N–H and O–H groups in total. The first kappa shape index (κ1) is 14.1. The number of hydrogen-bond donors (Lipinski definition) is 2. The minimum absolute atomic E-state index is 0.0955. The van der Waals surface area contributed by atoms with Crippen LogP contribution in [0.4, 0.5) is 0 Å². The number of aromatic amines is 1. The van der Waals surface area contributed by atoms with E-state index in [4.69, 9.17) is 0 Å². The summed E-state index contributed by atoms with van der Waals surface area (Å²) in [5.41, 5.74) is 1.30. The number of H-pyrrole nitrogens is 1. The average molecular weight is 301 g/mol. The van der Waals surface area contributed by atoms with Gasteiger partial charge in [0, 0.05) is 19.7 Å². The quantitative estimate of drug-likeness (QED) is 0.846. The first-order valence-electron chi connectivity index (χ1n) is 6.86. The lowest BCUT2D eigenvalue weighted by atomic mass is 9.92. The summed E-state index contributed by atoms with van der Waals surface area (Å²) in [6.07, 6.45) is 0.586. The van der Waals surface area contributed by atoms with Gasteiger partial charge in [0.1, 0.15) is 5.69 Å². The van der Waals surface area contributed by atoms with E-state index in [1.165, 1.54) is 22.7 Å². The number of nitrogens with one attached hydrogen (secondary N) is 1. The third-order valence-corrected chi connectivity index (χ3v) is 3.90. The van der Waals surface area contributed by atoms with Gasteiger partial charge in [-0.25, -0.2) is 4.79 Å². The Bertz CT molecular complexity index is 805. The van der Waals surface area contributed by atoms with Crippen LogP contribution in [0, 0.1) is 0 Å². The number of aromatic nitrogens is 2. The summed E-state index contributed by atoms with van der Waals surface area (Å²) >= 11 is 0. The van der Waals surface area contributed by atoms with Crippen molar-refractivity contribution in [1.82, 2.24) is 14.7 Å². The zero-order valence-corrected chi connectivity index (χ0v) is 11.9. The molecular formula is C15H15N3O4. The molecule has 0 fully saturated rings. The zero-order chi connectivity index (χ0) is 15.9. The highest BCUT2D eigenvalue weighted by Crippen LogP contribution is 2.30. The third-order valence-electron chi connectivity index (χ3n) is 3.90. The van der Waals surface area contributed by atoms with Crippen LogP contribution in [0.15, 0.2) is 35.1 Å². The number of aliphatic carboxylic acids is 1. The maximum absolute atomic E-state index is 12.6. The van der Waals surface area contributed by atoms with Crippen LogP contribution in [0.5, 0.6) is 0 Å². The molecule has 0 saturated heterocycles. The number of carboxylic acid groups (broad SMARTS) is 1. The molecule has 0 unspecified atom stereocenters. The minimum Gasteiger partial charge on any atom is -0.479 e. The van der Waals surface area contributed by atoms with Crippen LogP contribution in [0.2, 0.25) is 0 Å². The Kier molecular flexibility index (Phi) is 3.32. The average Bonchev–Trinajstić information content (AvgIpc) is 2.84. The van der Waals surface area contributed by atoms with Gasteiger partial charge in [0.15, 0.2) is 6.04 Å². The molecule has 2 aromatic rings. The van der Waals surface area contributed by atoms with Crippen LogP contribution < -0.4 is 5.56 Å². The van der Waals surface area contributed by atoms with Gasteiger partial charge < -0.3 is 10.0 Å². The van der Waals surface area contributed by atoms with E-state index < -0.39 is 17.9 Å². The second-order valence-corrected chi connectivity index (χ2v) is 5.26. The molecule has 7 nitrogen and oxygen atoms in total. The number of carboxylic acids is 1. The van der Waals surface area contributed by atoms with Crippen molar-refractivity contribution in [3.8, 4) is 0 Å². The lowest BCUT2D eigenvalue weighted by Gasteiger charge is -2.34. The van der Waals surface area contributed by atoms with Crippen molar-refractivity contribution in [2.45, 2.75) is 12.5 Å². The van der Waals surface area contributed by atoms with Crippen molar-refractivity contribution >= 4 is 11.9 Å². The number of carbonyl (C=O) groups is 2. The van der Waals surface area contributed by atoms with Crippen molar-refractivity contribution in [2.24, 2.45) is 7.05 Å². The van der Waals surface area contributed by atoms with E-state index in [2.05, 4.69) is 5.10 Å². The van der Waals surface area contributed by atoms with E-state index in [0.29, 0.717) is 18.5 Å². The number of carbonyl (C=O) groups excluding carboxylic acids is 1. The number of nitrogens with zero attached hydrogens (tertiary/aromatic N) is 2. The lowest BCUT2D eigenvalue weighted by Crippen LogP contribution is -2.43. The number of aryl methyl sites for hydroxylation is 1. The Labute approximate surface area is 125 Å². The van der Waals surface area contributed by atoms with Crippen LogP contribution in [0.1, 0.15) is 27.7 Å². The van der Waals surface area contributed by atoms with E-state index in [0.717, 1.165) is 5.56 Å². The predicted octanol–water partition coefficient (Wildman–Crippen LogP) is 0.538. The SMILES string of the molecule is Cn1[nH]c(C(=O)N2CCc3ccccc3[C@H]2C(=O)O)cc1=O. The van der Waals surface area contributed by atoms with Gasteiger partial charge in [0.2, 0.25) is 0 Å². The minimum atomic E-state index is -1.08. The van der Waals surface area contributed by atoms with Crippen LogP contribution in [0.3, 0.4) is 0 Å². The maximum Gasteiger partial charge on any atom is 0.331 e. The first-order chi connectivity index (χ1) is 10.5. The monoisotopic (exact) mass is 301 g/mol. The predicted molar refractivity (Wildman–Crippen MR) is 77.6 cm³/mol. The Morgan fingerprint density at radius 1 is 1.32 bits per heavy atom. The standard InChI is InChI=1S/C15H15N3O4/c1-17-12(19)8-11(16-17)14(20)18-7-6-9-4-2-3-5-10(9)13(18)15(21)22/h2-5,8,13,16H,6-7H2,1H3,(H,21,22)/t13-/m0/s1. The van der Waals surface area contributed by atoms with Crippen molar-refractivity contribution in [3.63, 3.8) is 0 Å². The number of hydrogen-bond acceptors (Lipinski definition) is 3. The fourth-order valence-corrected chi connectivity index (χ4v) is 2.80. The molecule has 0 aliphatic carbocycles. The molecule has 0 saturated carbocycles. The molecule has 1 aromatic carbocycles. The molecule has 3 rings (SSSR count). The fourth-order valence-electron chi connectivity index (χ4n) is 2.80. The lowest BCUT2D eigenvalue weighted by molar-refractivity contribution is -0.143. The number of benzene rings is 1. The van der Waals surface area contributed by atoms with Crippen molar-refractivity contribution < 1.29 is 14.7 Å². The second kappa shape index (κ2) is 5.18. The molecule has 2 heterocycles. The summed E-state index contributed by atoms with van der Waals surface area (Å²) in [6.45, 7) is 0.295. The highest BCUT2D eigenvalue weighted by Gasteiger charge is 2.36. The molecule has 1 atom stereocenters. The van der Waals surface area contributed by atoms with Gasteiger partial charge in [0.05, 0.1) is 0 Å². The molecule has 0 bridgehead atoms. The third kappa shape index (κ3) is 2.20. The van der Waals surface area contributed by atoms with Crippen LogP contribution in [-0.2, 0) is 18.3 Å². The van der Waals surface area contributed by atoms with Gasteiger partial charge >= 0.3 is 5.97 Å². The van der Waals surface area contributed by atoms with Gasteiger partial charge in [0.25, 0.3) is 11.5 Å². The van der Waals surface area contributed by atoms with Crippen molar-refractivity contribution in [2.75, 3.05) is 6.54 Å². The van der Waals surface area contributed by atoms with Crippen molar-refractivity contribution in [1.29, 1.82) is 0 Å². The van der Waals surface area contributed by atoms with Gasteiger partial charge in [-0.15, -0.1) is 0 Å². The zero-order valence-electron chi connectivity index (χ0n) is 11.9. The van der Waals surface area contributed by atoms with Crippen LogP contribution in [0.25, 0.3) is 0 Å². The Morgan fingerprint density at radius 3 is 2.68 bits per heavy atom. The second-order valence-electron chi connectivity index (χ2n) is 5.26. The molecule has 114 valence electrons. The highest BCUT2D eigenvalue weighted by atomic mass is 16.4. The molecule has 1 aliphatic heterocycles. The van der Waals surface area contributed by atoms with Gasteiger partial charge in [-0.3, -0.25) is 19.4 Å². The fraction of sp³-hybridized carbons (Fsp3) is 0.267. The summed E-state index contributed by atoms with van der Waals surface area (Å²) in [6, 6.07) is 7.35. The molecular weight excluding hydrogens is 286 g/mol. The highest BCUT2D eigenvalue weighted by molar-refractivity contribution is 5.95. The summed E-state index contributed by atoms with van der Waals surface area (Å²) in [5, 5.41) is 12.2. The Hall–Kier alpha value is -2.83. The number of fused-ring (bicyclic) bond motifs is 1. The van der Waals surface area contributed by atoms with Crippen molar-refractivity contribution in [3.05, 3.63) is 57.5 Å². The smallest absolute Gasteiger partial charge is 0.331 e. The topological polar surface area (TPSA) is 95.4 Å².